The fourth-order valence-electron chi connectivity index (χ4n) is 3.82. The lowest BCUT2D eigenvalue weighted by Gasteiger charge is -2.26. The predicted octanol–water partition coefficient (Wildman–Crippen LogP) is 3.32. The van der Waals surface area contributed by atoms with Gasteiger partial charge in [-0.15, -0.1) is 6.58 Å². The van der Waals surface area contributed by atoms with Crippen molar-refractivity contribution in [3.63, 3.8) is 0 Å². The molecular formula is C22H28O6. The van der Waals surface area contributed by atoms with Crippen molar-refractivity contribution >= 4 is 17.9 Å². The van der Waals surface area contributed by atoms with Gasteiger partial charge < -0.3 is 14.2 Å². The standard InChI is InChI=1S/C22H28O6/c1-5-8-9-10-18(28-16(4)23)11-12-21-13-17(21)14-22(15-21,19(24)26-6-2)20(25)27-7-3/h5,10,17H,1,6-9,13-15H2,2-4H3/b18-10-. The lowest BCUT2D eigenvalue weighted by atomic mass is 9.80. The molecule has 0 saturated heterocycles. The van der Waals surface area contributed by atoms with Crippen LogP contribution in [-0.4, -0.2) is 31.1 Å². The number of esters is 3. The van der Waals surface area contributed by atoms with Gasteiger partial charge in [-0.25, -0.2) is 0 Å². The van der Waals surface area contributed by atoms with Gasteiger partial charge in [0.05, 0.1) is 13.2 Å². The molecule has 2 aliphatic carbocycles. The minimum Gasteiger partial charge on any atom is -0.465 e. The van der Waals surface area contributed by atoms with E-state index in [0.29, 0.717) is 18.6 Å². The zero-order valence-electron chi connectivity index (χ0n) is 16.8. The molecule has 2 aliphatic rings. The van der Waals surface area contributed by atoms with E-state index >= 15 is 0 Å². The van der Waals surface area contributed by atoms with Crippen molar-refractivity contribution in [3.8, 4) is 11.8 Å². The highest BCUT2D eigenvalue weighted by molar-refractivity contribution is 6.01. The summed E-state index contributed by atoms with van der Waals surface area (Å²) in [5.74, 6) is 5.02. The first-order chi connectivity index (χ1) is 13.3. The molecule has 2 rings (SSSR count). The Morgan fingerprint density at radius 1 is 1.11 bits per heavy atom. The third kappa shape index (κ3) is 4.64. The van der Waals surface area contributed by atoms with Crippen LogP contribution in [-0.2, 0) is 28.6 Å². The number of carbonyl (C=O) groups excluding carboxylic acids is 3. The summed E-state index contributed by atoms with van der Waals surface area (Å²) in [4.78, 5) is 36.5. The molecule has 2 unspecified atom stereocenters. The molecule has 6 heteroatoms. The molecule has 0 radical (unpaired) electrons. The normalized spacial score (nSPS) is 24.2. The quantitative estimate of drug-likeness (QED) is 0.121. The third-order valence-corrected chi connectivity index (χ3v) is 5.17. The number of carbonyl (C=O) groups is 3. The first kappa shape index (κ1) is 21.7. The summed E-state index contributed by atoms with van der Waals surface area (Å²) in [6.45, 7) is 8.81. The molecule has 6 nitrogen and oxygen atoms in total. The molecule has 28 heavy (non-hydrogen) atoms. The largest absolute Gasteiger partial charge is 0.465 e. The molecule has 2 atom stereocenters. The van der Waals surface area contributed by atoms with E-state index in [0.717, 1.165) is 12.8 Å². The summed E-state index contributed by atoms with van der Waals surface area (Å²) in [7, 11) is 0. The van der Waals surface area contributed by atoms with Crippen LogP contribution in [0.2, 0.25) is 0 Å². The van der Waals surface area contributed by atoms with E-state index in [1.54, 1.807) is 26.0 Å². The van der Waals surface area contributed by atoms with Gasteiger partial charge in [0.15, 0.2) is 11.2 Å². The molecule has 0 N–H and O–H groups in total. The highest BCUT2D eigenvalue weighted by Gasteiger charge is 2.71. The smallest absolute Gasteiger partial charge is 0.323 e. The Hall–Kier alpha value is -2.55. The van der Waals surface area contributed by atoms with Crippen molar-refractivity contribution < 1.29 is 28.6 Å². The van der Waals surface area contributed by atoms with Crippen LogP contribution in [0.25, 0.3) is 0 Å². The van der Waals surface area contributed by atoms with Crippen LogP contribution in [0, 0.1) is 28.6 Å². The second kappa shape index (κ2) is 9.09. The Kier molecular flexibility index (Phi) is 7.06. The van der Waals surface area contributed by atoms with Gasteiger partial charge in [0.1, 0.15) is 0 Å². The Morgan fingerprint density at radius 3 is 2.29 bits per heavy atom. The fourth-order valence-corrected chi connectivity index (χ4v) is 3.82. The van der Waals surface area contributed by atoms with Gasteiger partial charge in [-0.05, 0) is 63.9 Å². The molecule has 0 aliphatic heterocycles. The monoisotopic (exact) mass is 388 g/mol. The summed E-state index contributed by atoms with van der Waals surface area (Å²) in [6.07, 6.45) is 6.39. The zero-order chi connectivity index (χ0) is 20.8. The average molecular weight is 388 g/mol. The third-order valence-electron chi connectivity index (χ3n) is 5.17. The van der Waals surface area contributed by atoms with Crippen LogP contribution in [0.5, 0.6) is 0 Å². The van der Waals surface area contributed by atoms with E-state index in [2.05, 4.69) is 18.4 Å². The molecule has 0 amide bonds. The van der Waals surface area contributed by atoms with Gasteiger partial charge in [-0.3, -0.25) is 14.4 Å². The van der Waals surface area contributed by atoms with Crippen molar-refractivity contribution in [3.05, 3.63) is 24.5 Å². The second-order valence-electron chi connectivity index (χ2n) is 7.24. The van der Waals surface area contributed by atoms with Gasteiger partial charge in [0, 0.05) is 12.3 Å². The van der Waals surface area contributed by atoms with E-state index in [-0.39, 0.29) is 25.6 Å². The maximum atomic E-state index is 12.6. The van der Waals surface area contributed by atoms with Crippen molar-refractivity contribution in [1.29, 1.82) is 0 Å². The second-order valence-corrected chi connectivity index (χ2v) is 7.24. The SMILES string of the molecule is C=CCC/C=C(/C#CC12CC1CC(C(=O)OCC)(C(=O)OCC)C2)OC(C)=O. The Bertz CT molecular complexity index is 720. The highest BCUT2D eigenvalue weighted by Crippen LogP contribution is 2.69. The summed E-state index contributed by atoms with van der Waals surface area (Å²) < 4.78 is 15.5. The molecular weight excluding hydrogens is 360 g/mol. The Labute approximate surface area is 166 Å². The molecule has 0 spiro atoms. The van der Waals surface area contributed by atoms with Crippen LogP contribution in [0.3, 0.4) is 0 Å². The predicted molar refractivity (Wildman–Crippen MR) is 103 cm³/mol. The molecule has 2 saturated carbocycles. The molecule has 0 aromatic carbocycles. The first-order valence-corrected chi connectivity index (χ1v) is 9.70. The summed E-state index contributed by atoms with van der Waals surface area (Å²) in [5.41, 5.74) is -1.74. The van der Waals surface area contributed by atoms with Crippen molar-refractivity contribution in [1.82, 2.24) is 0 Å². The van der Waals surface area contributed by atoms with Crippen molar-refractivity contribution in [2.45, 2.75) is 52.9 Å². The van der Waals surface area contributed by atoms with Gasteiger partial charge >= 0.3 is 17.9 Å². The molecule has 0 heterocycles. The van der Waals surface area contributed by atoms with Crippen LogP contribution < -0.4 is 0 Å². The number of rotatable bonds is 8. The van der Waals surface area contributed by atoms with E-state index in [1.807, 2.05) is 0 Å². The fraction of sp³-hybridized carbons (Fsp3) is 0.591. The average Bonchev–Trinajstić information content (AvgIpc) is 3.20. The number of unbranched alkanes of at least 4 members (excludes halogenated alkanes) is 1. The zero-order valence-corrected chi connectivity index (χ0v) is 16.8. The first-order valence-electron chi connectivity index (χ1n) is 9.70. The van der Waals surface area contributed by atoms with E-state index in [4.69, 9.17) is 14.2 Å². The summed E-state index contributed by atoms with van der Waals surface area (Å²) >= 11 is 0. The number of allylic oxidation sites excluding steroid dienone is 3. The topological polar surface area (TPSA) is 78.9 Å². The molecule has 0 aromatic heterocycles. The minimum absolute atomic E-state index is 0.126. The lowest BCUT2D eigenvalue weighted by molar-refractivity contribution is -0.172. The maximum Gasteiger partial charge on any atom is 0.323 e. The van der Waals surface area contributed by atoms with Crippen LogP contribution >= 0.6 is 0 Å². The van der Waals surface area contributed by atoms with Crippen molar-refractivity contribution in [2.75, 3.05) is 13.2 Å². The number of fused-ring (bicyclic) bond motifs is 1. The molecule has 152 valence electrons. The molecule has 2 fully saturated rings. The van der Waals surface area contributed by atoms with Gasteiger partial charge in [0.2, 0.25) is 0 Å². The minimum atomic E-state index is -1.29. The highest BCUT2D eigenvalue weighted by atomic mass is 16.6. The van der Waals surface area contributed by atoms with Crippen LogP contribution in [0.15, 0.2) is 24.5 Å². The van der Waals surface area contributed by atoms with E-state index < -0.39 is 28.7 Å². The summed E-state index contributed by atoms with van der Waals surface area (Å²) in [6, 6.07) is 0. The van der Waals surface area contributed by atoms with E-state index in [9.17, 15) is 14.4 Å². The molecule has 0 aromatic rings. The maximum absolute atomic E-state index is 12.6. The number of hydrogen-bond acceptors (Lipinski definition) is 6. The molecule has 0 bridgehead atoms. The van der Waals surface area contributed by atoms with Gasteiger partial charge in [-0.2, -0.15) is 0 Å². The van der Waals surface area contributed by atoms with Gasteiger partial charge in [0.25, 0.3) is 0 Å². The number of hydrogen-bond donors (Lipinski definition) is 0. The van der Waals surface area contributed by atoms with Crippen molar-refractivity contribution in [2.24, 2.45) is 16.7 Å². The van der Waals surface area contributed by atoms with Crippen LogP contribution in [0.1, 0.15) is 52.9 Å². The van der Waals surface area contributed by atoms with E-state index in [1.165, 1.54) is 6.92 Å². The summed E-state index contributed by atoms with van der Waals surface area (Å²) in [5, 5.41) is 0. The lowest BCUT2D eigenvalue weighted by Crippen LogP contribution is -2.41. The number of ether oxygens (including phenoxy) is 3. The van der Waals surface area contributed by atoms with Gasteiger partial charge in [-0.1, -0.05) is 12.0 Å². The van der Waals surface area contributed by atoms with Crippen LogP contribution in [0.4, 0.5) is 0 Å². The Morgan fingerprint density at radius 2 is 1.75 bits per heavy atom. The Balaban J connectivity index is 2.24.